The van der Waals surface area contributed by atoms with E-state index < -0.39 is 6.10 Å². The predicted octanol–water partition coefficient (Wildman–Crippen LogP) is -2.15. The molecular formula is C11H22N4O3. The minimum absolute atomic E-state index is 0.00787. The second kappa shape index (κ2) is 7.30. The average molecular weight is 258 g/mol. The van der Waals surface area contributed by atoms with Crippen LogP contribution < -0.4 is 11.1 Å². The zero-order valence-corrected chi connectivity index (χ0v) is 11.0. The number of nitrogens with one attached hydrogen (secondary N) is 1. The van der Waals surface area contributed by atoms with Gasteiger partial charge in [0.2, 0.25) is 5.91 Å². The number of carbonyl (C=O) groups excluding carboxylic acids is 2. The summed E-state index contributed by atoms with van der Waals surface area (Å²) in [5, 5.41) is 2.59. The van der Waals surface area contributed by atoms with Gasteiger partial charge >= 0.3 is 0 Å². The van der Waals surface area contributed by atoms with E-state index >= 15 is 0 Å². The first-order valence-electron chi connectivity index (χ1n) is 6.07. The molecule has 1 unspecified atom stereocenters. The Balaban J connectivity index is 2.39. The molecule has 2 amide bonds. The number of methoxy groups -OCH3 is 1. The van der Waals surface area contributed by atoms with E-state index in [9.17, 15) is 9.59 Å². The van der Waals surface area contributed by atoms with Crippen molar-refractivity contribution in [3.8, 4) is 0 Å². The molecule has 1 fully saturated rings. The number of amides is 2. The fourth-order valence-corrected chi connectivity index (χ4v) is 1.91. The fourth-order valence-electron chi connectivity index (χ4n) is 1.91. The maximum Gasteiger partial charge on any atom is 0.253 e. The van der Waals surface area contributed by atoms with E-state index in [0.29, 0.717) is 32.7 Å². The Labute approximate surface area is 107 Å². The third-order valence-corrected chi connectivity index (χ3v) is 3.10. The van der Waals surface area contributed by atoms with Crippen molar-refractivity contribution in [3.05, 3.63) is 0 Å². The van der Waals surface area contributed by atoms with Crippen molar-refractivity contribution in [2.24, 2.45) is 5.73 Å². The zero-order chi connectivity index (χ0) is 13.5. The van der Waals surface area contributed by atoms with Crippen LogP contribution in [0.25, 0.3) is 0 Å². The van der Waals surface area contributed by atoms with Gasteiger partial charge in [0.1, 0.15) is 6.10 Å². The molecule has 0 aromatic heterocycles. The van der Waals surface area contributed by atoms with Gasteiger partial charge in [0.05, 0.1) is 6.54 Å². The third kappa shape index (κ3) is 3.94. The van der Waals surface area contributed by atoms with Crippen molar-refractivity contribution in [1.29, 1.82) is 0 Å². The van der Waals surface area contributed by atoms with E-state index in [1.807, 2.05) is 4.90 Å². The van der Waals surface area contributed by atoms with Gasteiger partial charge in [0.25, 0.3) is 5.91 Å². The maximum atomic E-state index is 12.0. The van der Waals surface area contributed by atoms with Crippen LogP contribution in [0.5, 0.6) is 0 Å². The molecule has 1 aliphatic heterocycles. The Morgan fingerprint density at radius 1 is 1.33 bits per heavy atom. The minimum atomic E-state index is -0.560. The zero-order valence-electron chi connectivity index (χ0n) is 11.0. The molecule has 1 heterocycles. The van der Waals surface area contributed by atoms with Crippen LogP contribution in [0.3, 0.4) is 0 Å². The first-order chi connectivity index (χ1) is 8.62. The number of hydrogen-bond donors (Lipinski definition) is 2. The number of nitrogens with zero attached hydrogens (tertiary/aromatic N) is 2. The standard InChI is InChI=1S/C11H22N4O3/c1-13-10(16)8-14-3-5-15(6-4-14)11(17)9(7-12)18-2/h9H,3-8,12H2,1-2H3,(H,13,16). The van der Waals surface area contributed by atoms with Crippen LogP contribution in [0, 0.1) is 0 Å². The van der Waals surface area contributed by atoms with Crippen LogP contribution in [0.15, 0.2) is 0 Å². The van der Waals surface area contributed by atoms with E-state index in [2.05, 4.69) is 5.32 Å². The van der Waals surface area contributed by atoms with Gasteiger partial charge in [-0.25, -0.2) is 0 Å². The van der Waals surface area contributed by atoms with Crippen molar-refractivity contribution in [3.63, 3.8) is 0 Å². The second-order valence-electron chi connectivity index (χ2n) is 4.23. The lowest BCUT2D eigenvalue weighted by Crippen LogP contribution is -2.54. The first kappa shape index (κ1) is 14.9. The van der Waals surface area contributed by atoms with E-state index in [1.54, 1.807) is 11.9 Å². The van der Waals surface area contributed by atoms with Crippen LogP contribution in [-0.4, -0.2) is 81.1 Å². The summed E-state index contributed by atoms with van der Waals surface area (Å²) in [5.74, 6) is -0.0777. The average Bonchev–Trinajstić information content (AvgIpc) is 2.40. The number of nitrogens with two attached hydrogens (primary N) is 1. The van der Waals surface area contributed by atoms with Crippen molar-refractivity contribution >= 4 is 11.8 Å². The lowest BCUT2D eigenvalue weighted by atomic mass is 10.2. The summed E-state index contributed by atoms with van der Waals surface area (Å²) in [7, 11) is 3.10. The molecule has 1 rings (SSSR count). The van der Waals surface area contributed by atoms with Gasteiger partial charge in [-0.15, -0.1) is 0 Å². The quantitative estimate of drug-likeness (QED) is 0.587. The number of carbonyl (C=O) groups is 2. The van der Waals surface area contributed by atoms with Gasteiger partial charge in [-0.2, -0.15) is 0 Å². The molecule has 0 aromatic rings. The molecule has 7 heteroatoms. The second-order valence-corrected chi connectivity index (χ2v) is 4.23. The van der Waals surface area contributed by atoms with Gasteiger partial charge in [-0.1, -0.05) is 0 Å². The normalized spacial score (nSPS) is 18.5. The number of hydrogen-bond acceptors (Lipinski definition) is 5. The highest BCUT2D eigenvalue weighted by atomic mass is 16.5. The number of ether oxygens (including phenoxy) is 1. The van der Waals surface area contributed by atoms with Gasteiger partial charge in [0.15, 0.2) is 0 Å². The van der Waals surface area contributed by atoms with Crippen LogP contribution in [0.1, 0.15) is 0 Å². The van der Waals surface area contributed by atoms with Gasteiger partial charge in [0, 0.05) is 46.9 Å². The molecule has 18 heavy (non-hydrogen) atoms. The molecule has 0 spiro atoms. The van der Waals surface area contributed by atoms with Crippen molar-refractivity contribution in [2.75, 3.05) is 53.4 Å². The molecule has 0 aliphatic carbocycles. The van der Waals surface area contributed by atoms with E-state index in [4.69, 9.17) is 10.5 Å². The number of likely N-dealkylation sites (N-methyl/N-ethyl adjacent to an activating group) is 1. The molecule has 1 saturated heterocycles. The highest BCUT2D eigenvalue weighted by Crippen LogP contribution is 2.05. The molecule has 1 atom stereocenters. The molecule has 3 N–H and O–H groups in total. The summed E-state index contributed by atoms with van der Waals surface area (Å²) >= 11 is 0. The molecule has 0 bridgehead atoms. The maximum absolute atomic E-state index is 12.0. The fraction of sp³-hybridized carbons (Fsp3) is 0.818. The highest BCUT2D eigenvalue weighted by Gasteiger charge is 2.26. The van der Waals surface area contributed by atoms with Gasteiger partial charge in [-0.3, -0.25) is 14.5 Å². The summed E-state index contributed by atoms with van der Waals surface area (Å²) in [4.78, 5) is 27.0. The Hall–Kier alpha value is -1.18. The van der Waals surface area contributed by atoms with Crippen molar-refractivity contribution < 1.29 is 14.3 Å². The van der Waals surface area contributed by atoms with Crippen LogP contribution in [-0.2, 0) is 14.3 Å². The number of rotatable bonds is 5. The highest BCUT2D eigenvalue weighted by molar-refractivity contribution is 5.81. The van der Waals surface area contributed by atoms with Crippen LogP contribution in [0.4, 0.5) is 0 Å². The van der Waals surface area contributed by atoms with E-state index in [-0.39, 0.29) is 18.4 Å². The Bertz CT molecular complexity index is 286. The molecule has 0 aromatic carbocycles. The Morgan fingerprint density at radius 3 is 2.39 bits per heavy atom. The topological polar surface area (TPSA) is 87.9 Å². The van der Waals surface area contributed by atoms with Gasteiger partial charge in [-0.05, 0) is 0 Å². The smallest absolute Gasteiger partial charge is 0.253 e. The number of piperazine rings is 1. The summed E-state index contributed by atoms with van der Waals surface area (Å²) in [6, 6.07) is 0. The van der Waals surface area contributed by atoms with E-state index in [1.165, 1.54) is 7.11 Å². The van der Waals surface area contributed by atoms with Crippen molar-refractivity contribution in [1.82, 2.24) is 15.1 Å². The van der Waals surface area contributed by atoms with Crippen molar-refractivity contribution in [2.45, 2.75) is 6.10 Å². The molecule has 0 radical (unpaired) electrons. The Morgan fingerprint density at radius 2 is 1.94 bits per heavy atom. The largest absolute Gasteiger partial charge is 0.370 e. The molecule has 7 nitrogen and oxygen atoms in total. The predicted molar refractivity (Wildman–Crippen MR) is 66.9 cm³/mol. The lowest BCUT2D eigenvalue weighted by molar-refractivity contribution is -0.143. The summed E-state index contributed by atoms with van der Waals surface area (Å²) < 4.78 is 5.03. The Kier molecular flexibility index (Phi) is 6.03. The van der Waals surface area contributed by atoms with Crippen LogP contribution >= 0.6 is 0 Å². The van der Waals surface area contributed by atoms with E-state index in [0.717, 1.165) is 0 Å². The summed E-state index contributed by atoms with van der Waals surface area (Å²) in [5.41, 5.74) is 5.47. The monoisotopic (exact) mass is 258 g/mol. The summed E-state index contributed by atoms with van der Waals surface area (Å²) in [6.45, 7) is 3.17. The van der Waals surface area contributed by atoms with Crippen LogP contribution in [0.2, 0.25) is 0 Å². The minimum Gasteiger partial charge on any atom is -0.370 e. The molecular weight excluding hydrogens is 236 g/mol. The molecule has 1 aliphatic rings. The lowest BCUT2D eigenvalue weighted by Gasteiger charge is -2.35. The van der Waals surface area contributed by atoms with Gasteiger partial charge < -0.3 is 20.7 Å². The first-order valence-corrected chi connectivity index (χ1v) is 6.07. The molecule has 0 saturated carbocycles. The SMILES string of the molecule is CNC(=O)CN1CCN(C(=O)C(CN)OC)CC1. The third-order valence-electron chi connectivity index (χ3n) is 3.10. The molecule has 104 valence electrons. The summed E-state index contributed by atoms with van der Waals surface area (Å²) in [6.07, 6.45) is -0.560.